The average Bonchev–Trinajstić information content (AvgIpc) is 2.89. The number of fused-ring (bicyclic) bond motifs is 2. The predicted molar refractivity (Wildman–Crippen MR) is 102 cm³/mol. The largest absolute Gasteiger partial charge is 0.397 e. The summed E-state index contributed by atoms with van der Waals surface area (Å²) in [5, 5.41) is 13.2. The van der Waals surface area contributed by atoms with Crippen LogP contribution in [0.15, 0.2) is 36.4 Å². The second-order valence-corrected chi connectivity index (χ2v) is 6.87. The van der Waals surface area contributed by atoms with E-state index in [2.05, 4.69) is 10.6 Å². The molecule has 2 aromatic rings. The van der Waals surface area contributed by atoms with E-state index in [-0.39, 0.29) is 11.6 Å². The number of allylic oxidation sites excluding steroid dienone is 1. The zero-order chi connectivity index (χ0) is 19.2. The second-order valence-electron chi connectivity index (χ2n) is 6.87. The fourth-order valence-electron chi connectivity index (χ4n) is 3.75. The molecule has 0 bridgehead atoms. The van der Waals surface area contributed by atoms with Crippen LogP contribution < -0.4 is 16.4 Å². The number of carbonyl (C=O) groups excluding carboxylic acids is 1. The van der Waals surface area contributed by atoms with Crippen LogP contribution in [-0.4, -0.2) is 12.1 Å². The molecule has 0 unspecified atom stereocenters. The first-order chi connectivity index (χ1) is 12.9. The molecule has 2 aliphatic rings. The van der Waals surface area contributed by atoms with Gasteiger partial charge in [0.2, 0.25) is 5.91 Å². The summed E-state index contributed by atoms with van der Waals surface area (Å²) in [4.78, 5) is 12.4. The first-order valence-corrected chi connectivity index (χ1v) is 8.63. The number of halogens is 2. The lowest BCUT2D eigenvalue weighted by atomic mass is 9.65. The third-order valence-corrected chi connectivity index (χ3v) is 5.33. The number of hydrogen-bond donors (Lipinski definition) is 4. The zero-order valence-electron chi connectivity index (χ0n) is 14.4. The molecule has 1 saturated carbocycles. The molecule has 5 N–H and O–H groups in total. The molecular weight excluding hydrogens is 350 g/mol. The van der Waals surface area contributed by atoms with Crippen molar-refractivity contribution < 1.29 is 13.6 Å². The van der Waals surface area contributed by atoms with Gasteiger partial charge in [-0.3, -0.25) is 4.79 Å². The van der Waals surface area contributed by atoms with Gasteiger partial charge in [-0.05, 0) is 48.7 Å². The highest BCUT2D eigenvalue weighted by molar-refractivity contribution is 6.10. The van der Waals surface area contributed by atoms with Crippen LogP contribution in [0.2, 0.25) is 0 Å². The van der Waals surface area contributed by atoms with Crippen molar-refractivity contribution in [2.24, 2.45) is 0 Å². The summed E-state index contributed by atoms with van der Waals surface area (Å²) < 4.78 is 27.2. The van der Waals surface area contributed by atoms with Gasteiger partial charge < -0.3 is 21.8 Å². The Morgan fingerprint density at radius 1 is 1.26 bits per heavy atom. The van der Waals surface area contributed by atoms with Gasteiger partial charge in [-0.1, -0.05) is 6.42 Å². The van der Waals surface area contributed by atoms with Crippen molar-refractivity contribution in [1.29, 1.82) is 5.41 Å². The fraction of sp³-hybridized carbons (Fsp3) is 0.200. The maximum atomic E-state index is 14.0. The van der Waals surface area contributed by atoms with Crippen LogP contribution in [0.3, 0.4) is 0 Å². The molecule has 7 heteroatoms. The Morgan fingerprint density at radius 2 is 2.04 bits per heavy atom. The standard InChI is InChI=1S/C20H18F2N4O/c21-12-2-3-17(14(22)10-12)25-16(4-7-23)11-8-13-18(15(24)9-11)26-19(27)20(13)5-1-6-20/h2-4,7-10,23,25H,1,5-6,24H2,(H,26,27)/b16-4-,23-7?. The number of nitrogen functional groups attached to an aromatic ring is 1. The number of benzene rings is 2. The van der Waals surface area contributed by atoms with Crippen molar-refractivity contribution in [2.75, 3.05) is 16.4 Å². The molecule has 0 aromatic heterocycles. The molecule has 1 aliphatic heterocycles. The molecular formula is C20H18F2N4O. The van der Waals surface area contributed by atoms with Crippen molar-refractivity contribution in [3.05, 3.63) is 59.2 Å². The first kappa shape index (κ1) is 17.2. The van der Waals surface area contributed by atoms with E-state index in [1.54, 1.807) is 6.07 Å². The molecule has 1 heterocycles. The number of hydrogen-bond acceptors (Lipinski definition) is 4. The lowest BCUT2D eigenvalue weighted by molar-refractivity contribution is -0.123. The normalized spacial score (nSPS) is 17.3. The number of rotatable bonds is 4. The summed E-state index contributed by atoms with van der Waals surface area (Å²) in [6, 6.07) is 6.74. The Kier molecular flexibility index (Phi) is 3.95. The SMILES string of the molecule is N=C/C=C(\Nc1ccc(F)cc1F)c1cc(N)c2c(c1)C1(CCC1)C(=O)N2. The van der Waals surface area contributed by atoms with E-state index < -0.39 is 17.0 Å². The lowest BCUT2D eigenvalue weighted by Gasteiger charge is -2.36. The van der Waals surface area contributed by atoms with Gasteiger partial charge >= 0.3 is 0 Å². The Balaban J connectivity index is 1.77. The smallest absolute Gasteiger partial charge is 0.235 e. The minimum Gasteiger partial charge on any atom is -0.397 e. The molecule has 2 aromatic carbocycles. The fourth-order valence-corrected chi connectivity index (χ4v) is 3.75. The van der Waals surface area contributed by atoms with Gasteiger partial charge in [0.25, 0.3) is 0 Å². The molecule has 1 spiro atoms. The Labute approximate surface area is 154 Å². The summed E-state index contributed by atoms with van der Waals surface area (Å²) in [7, 11) is 0. The van der Waals surface area contributed by atoms with Crippen LogP contribution >= 0.6 is 0 Å². The number of carbonyl (C=O) groups is 1. The predicted octanol–water partition coefficient (Wildman–Crippen LogP) is 4.02. The monoisotopic (exact) mass is 368 g/mol. The van der Waals surface area contributed by atoms with E-state index in [1.165, 1.54) is 12.1 Å². The third kappa shape index (κ3) is 2.66. The Morgan fingerprint density at radius 3 is 2.67 bits per heavy atom. The van der Waals surface area contributed by atoms with Gasteiger partial charge in [0.1, 0.15) is 11.6 Å². The lowest BCUT2D eigenvalue weighted by Crippen LogP contribution is -2.40. The highest BCUT2D eigenvalue weighted by Crippen LogP contribution is 2.53. The minimum absolute atomic E-state index is 0.0391. The maximum absolute atomic E-state index is 14.0. The molecule has 27 heavy (non-hydrogen) atoms. The minimum atomic E-state index is -0.743. The van der Waals surface area contributed by atoms with E-state index in [0.717, 1.165) is 43.2 Å². The molecule has 0 atom stereocenters. The topological polar surface area (TPSA) is 91.0 Å². The summed E-state index contributed by atoms with van der Waals surface area (Å²) in [5.74, 6) is -1.45. The molecule has 138 valence electrons. The molecule has 1 amide bonds. The number of anilines is 3. The van der Waals surface area contributed by atoms with Crippen molar-refractivity contribution >= 4 is 34.9 Å². The Hall–Kier alpha value is -3.22. The molecule has 4 rings (SSSR count). The van der Waals surface area contributed by atoms with Gasteiger partial charge in [0.15, 0.2) is 0 Å². The maximum Gasteiger partial charge on any atom is 0.235 e. The quantitative estimate of drug-likeness (QED) is 0.485. The van der Waals surface area contributed by atoms with Crippen molar-refractivity contribution in [3.8, 4) is 0 Å². The van der Waals surface area contributed by atoms with E-state index in [4.69, 9.17) is 11.1 Å². The van der Waals surface area contributed by atoms with Crippen LogP contribution in [0.25, 0.3) is 5.70 Å². The van der Waals surface area contributed by atoms with Crippen molar-refractivity contribution in [2.45, 2.75) is 24.7 Å². The molecule has 1 aliphatic carbocycles. The highest BCUT2D eigenvalue weighted by Gasteiger charge is 2.51. The van der Waals surface area contributed by atoms with Crippen molar-refractivity contribution in [3.63, 3.8) is 0 Å². The van der Waals surface area contributed by atoms with Crippen LogP contribution in [0.1, 0.15) is 30.4 Å². The van der Waals surface area contributed by atoms with Gasteiger partial charge in [0.05, 0.1) is 22.5 Å². The third-order valence-electron chi connectivity index (χ3n) is 5.33. The second kappa shape index (κ2) is 6.19. The van der Waals surface area contributed by atoms with Crippen LogP contribution in [-0.2, 0) is 10.2 Å². The summed E-state index contributed by atoms with van der Waals surface area (Å²) in [6.07, 6.45) is 5.02. The van der Waals surface area contributed by atoms with Gasteiger partial charge in [-0.25, -0.2) is 8.78 Å². The number of nitrogens with two attached hydrogens (primary N) is 1. The molecule has 1 fully saturated rings. The van der Waals surface area contributed by atoms with Crippen molar-refractivity contribution in [1.82, 2.24) is 0 Å². The molecule has 0 saturated heterocycles. The molecule has 5 nitrogen and oxygen atoms in total. The van der Waals surface area contributed by atoms with Gasteiger partial charge in [-0.15, -0.1) is 0 Å². The van der Waals surface area contributed by atoms with E-state index in [1.807, 2.05) is 6.07 Å². The van der Waals surface area contributed by atoms with E-state index in [0.29, 0.717) is 22.6 Å². The number of nitrogens with one attached hydrogen (secondary N) is 3. The van der Waals surface area contributed by atoms with Gasteiger partial charge in [0, 0.05) is 23.5 Å². The van der Waals surface area contributed by atoms with Crippen LogP contribution in [0, 0.1) is 17.0 Å². The summed E-state index contributed by atoms with van der Waals surface area (Å²) in [5.41, 5.74) is 8.63. The van der Waals surface area contributed by atoms with Crippen LogP contribution in [0.4, 0.5) is 25.8 Å². The molecule has 0 radical (unpaired) electrons. The van der Waals surface area contributed by atoms with E-state index >= 15 is 0 Å². The zero-order valence-corrected chi connectivity index (χ0v) is 14.4. The highest BCUT2D eigenvalue weighted by atomic mass is 19.1. The summed E-state index contributed by atoms with van der Waals surface area (Å²) >= 11 is 0. The summed E-state index contributed by atoms with van der Waals surface area (Å²) in [6.45, 7) is 0. The van der Waals surface area contributed by atoms with Gasteiger partial charge in [-0.2, -0.15) is 0 Å². The van der Waals surface area contributed by atoms with E-state index in [9.17, 15) is 13.6 Å². The van der Waals surface area contributed by atoms with Crippen LogP contribution in [0.5, 0.6) is 0 Å². The first-order valence-electron chi connectivity index (χ1n) is 8.63. The number of amides is 1. The average molecular weight is 368 g/mol. The Bertz CT molecular complexity index is 996.